The average Bonchev–Trinajstić information content (AvgIpc) is 1.97. The van der Waals surface area contributed by atoms with Gasteiger partial charge in [-0.2, -0.15) is 0 Å². The third kappa shape index (κ3) is 6.42. The van der Waals surface area contributed by atoms with Crippen LogP contribution in [0.1, 0.15) is 0 Å². The van der Waals surface area contributed by atoms with Gasteiger partial charge in [0.25, 0.3) is 0 Å². The van der Waals surface area contributed by atoms with Crippen LogP contribution in [0.5, 0.6) is 0 Å². The van der Waals surface area contributed by atoms with Crippen molar-refractivity contribution in [2.24, 2.45) is 16.5 Å². The topological polar surface area (TPSA) is 106 Å². The molecular formula is C5H13N5O. The van der Waals surface area contributed by atoms with Crippen molar-refractivity contribution in [3.8, 4) is 0 Å². The fraction of sp³-hybridized carbons (Fsp3) is 0.600. The number of amides is 2. The molecule has 2 amide bonds. The maximum Gasteiger partial charge on any atom is 0.312 e. The molecule has 0 aromatic rings. The number of hydrogen-bond donors (Lipinski definition) is 4. The highest BCUT2D eigenvalue weighted by Crippen LogP contribution is 1.60. The number of hydrogen-bond acceptors (Lipinski definition) is 2. The lowest BCUT2D eigenvalue weighted by molar-refractivity contribution is 0.249. The molecule has 0 fully saturated rings. The summed E-state index contributed by atoms with van der Waals surface area (Å²) in [6.45, 7) is 0.956. The Labute approximate surface area is 65.0 Å². The summed E-state index contributed by atoms with van der Waals surface area (Å²) in [5, 5.41) is 5.14. The zero-order chi connectivity index (χ0) is 8.69. The molecule has 0 heterocycles. The summed E-state index contributed by atoms with van der Waals surface area (Å²) in [6, 6.07) is -0.543. The van der Waals surface area contributed by atoms with Crippen LogP contribution in [-0.4, -0.2) is 32.1 Å². The number of urea groups is 1. The van der Waals surface area contributed by atoms with Crippen molar-refractivity contribution >= 4 is 12.0 Å². The van der Waals surface area contributed by atoms with E-state index in [1.807, 2.05) is 0 Å². The Morgan fingerprint density at radius 3 is 2.36 bits per heavy atom. The Balaban J connectivity index is 3.21. The number of guanidine groups is 1. The maximum absolute atomic E-state index is 10.1. The van der Waals surface area contributed by atoms with Crippen LogP contribution in [0.15, 0.2) is 4.99 Å². The van der Waals surface area contributed by atoms with Gasteiger partial charge in [0.1, 0.15) is 0 Å². The lowest BCUT2D eigenvalue weighted by Crippen LogP contribution is -2.39. The van der Waals surface area contributed by atoms with Gasteiger partial charge in [0.05, 0.1) is 0 Å². The summed E-state index contributed by atoms with van der Waals surface area (Å²) in [5.41, 5.74) is 10.1. The molecule has 0 unspecified atom stereocenters. The average molecular weight is 159 g/mol. The minimum Gasteiger partial charge on any atom is -0.370 e. The van der Waals surface area contributed by atoms with Crippen LogP contribution in [0.25, 0.3) is 0 Å². The molecule has 0 radical (unpaired) electrons. The van der Waals surface area contributed by atoms with E-state index in [9.17, 15) is 4.79 Å². The number of rotatable bonds is 3. The van der Waals surface area contributed by atoms with Crippen molar-refractivity contribution in [1.29, 1.82) is 0 Å². The highest BCUT2D eigenvalue weighted by atomic mass is 16.2. The van der Waals surface area contributed by atoms with Crippen molar-refractivity contribution in [3.63, 3.8) is 0 Å². The van der Waals surface area contributed by atoms with Crippen molar-refractivity contribution < 1.29 is 4.79 Å². The standard InChI is InChI=1S/C5H13N5O/c1-8-4(6)9-2-3-10-5(7)11/h2-3H2,1H3,(H3,6,8,9)(H3,7,10,11). The van der Waals surface area contributed by atoms with Gasteiger partial charge in [-0.1, -0.05) is 0 Å². The molecule has 6 nitrogen and oxygen atoms in total. The second-order valence-corrected chi connectivity index (χ2v) is 1.83. The molecular weight excluding hydrogens is 146 g/mol. The van der Waals surface area contributed by atoms with Gasteiger partial charge in [-0.05, 0) is 0 Å². The van der Waals surface area contributed by atoms with Crippen LogP contribution < -0.4 is 22.1 Å². The number of aliphatic imine (C=N–C) groups is 1. The normalized spacial score (nSPS) is 10.8. The lowest BCUT2D eigenvalue weighted by atomic mass is 10.6. The van der Waals surface area contributed by atoms with E-state index in [0.29, 0.717) is 19.0 Å². The fourth-order valence-corrected chi connectivity index (χ4v) is 0.455. The van der Waals surface area contributed by atoms with E-state index in [-0.39, 0.29) is 0 Å². The summed E-state index contributed by atoms with van der Waals surface area (Å²) in [5.74, 6) is 0.344. The second kappa shape index (κ2) is 5.33. The van der Waals surface area contributed by atoms with Gasteiger partial charge in [0.15, 0.2) is 5.96 Å². The van der Waals surface area contributed by atoms with Crippen molar-refractivity contribution in [3.05, 3.63) is 0 Å². The molecule has 6 N–H and O–H groups in total. The van der Waals surface area contributed by atoms with E-state index >= 15 is 0 Å². The van der Waals surface area contributed by atoms with Crippen molar-refractivity contribution in [1.82, 2.24) is 10.6 Å². The summed E-state index contributed by atoms with van der Waals surface area (Å²) in [6.07, 6.45) is 0. The first-order valence-electron chi connectivity index (χ1n) is 3.16. The van der Waals surface area contributed by atoms with Crippen LogP contribution in [0, 0.1) is 0 Å². The van der Waals surface area contributed by atoms with Crippen molar-refractivity contribution in [2.45, 2.75) is 0 Å². The molecule has 0 atom stereocenters. The monoisotopic (exact) mass is 159 g/mol. The number of primary amides is 1. The van der Waals surface area contributed by atoms with Crippen molar-refractivity contribution in [2.75, 3.05) is 20.1 Å². The van der Waals surface area contributed by atoms with Gasteiger partial charge in [0, 0.05) is 20.1 Å². The first-order valence-corrected chi connectivity index (χ1v) is 3.16. The van der Waals surface area contributed by atoms with Gasteiger partial charge in [-0.15, -0.1) is 0 Å². The Morgan fingerprint density at radius 1 is 1.36 bits per heavy atom. The van der Waals surface area contributed by atoms with E-state index < -0.39 is 6.03 Å². The van der Waals surface area contributed by atoms with Gasteiger partial charge >= 0.3 is 6.03 Å². The summed E-state index contributed by atoms with van der Waals surface area (Å²) in [7, 11) is 1.57. The predicted molar refractivity (Wildman–Crippen MR) is 43.1 cm³/mol. The minimum atomic E-state index is -0.543. The molecule has 64 valence electrons. The van der Waals surface area contributed by atoms with E-state index in [4.69, 9.17) is 11.5 Å². The highest BCUT2D eigenvalue weighted by molar-refractivity contribution is 5.77. The SMILES string of the molecule is CN=C(N)NCCNC(N)=O. The zero-order valence-electron chi connectivity index (χ0n) is 6.42. The number of nitrogens with one attached hydrogen (secondary N) is 2. The van der Waals surface area contributed by atoms with Crippen LogP contribution >= 0.6 is 0 Å². The molecule has 0 aliphatic carbocycles. The molecule has 0 saturated carbocycles. The molecule has 0 rings (SSSR count). The number of nitrogens with zero attached hydrogens (tertiary/aromatic N) is 1. The first kappa shape index (κ1) is 9.54. The molecule has 0 aliphatic heterocycles. The molecule has 0 aromatic heterocycles. The summed E-state index contributed by atoms with van der Waals surface area (Å²) >= 11 is 0. The molecule has 0 saturated heterocycles. The van der Waals surface area contributed by atoms with Crippen LogP contribution in [0.2, 0.25) is 0 Å². The fourth-order valence-electron chi connectivity index (χ4n) is 0.455. The lowest BCUT2D eigenvalue weighted by Gasteiger charge is -2.03. The molecule has 0 bridgehead atoms. The summed E-state index contributed by atoms with van der Waals surface area (Å²) in [4.78, 5) is 13.8. The molecule has 0 spiro atoms. The number of nitrogens with two attached hydrogens (primary N) is 2. The van der Waals surface area contributed by atoms with Gasteiger partial charge in [-0.25, -0.2) is 4.79 Å². The third-order valence-corrected chi connectivity index (χ3v) is 0.971. The number of carbonyl (C=O) groups is 1. The number of carbonyl (C=O) groups excluding carboxylic acids is 1. The van der Waals surface area contributed by atoms with Crippen LogP contribution in [-0.2, 0) is 0 Å². The first-order chi connectivity index (χ1) is 5.16. The largest absolute Gasteiger partial charge is 0.370 e. The van der Waals surface area contributed by atoms with E-state index in [1.165, 1.54) is 0 Å². The minimum absolute atomic E-state index is 0.344. The maximum atomic E-state index is 10.1. The van der Waals surface area contributed by atoms with E-state index in [1.54, 1.807) is 7.05 Å². The smallest absolute Gasteiger partial charge is 0.312 e. The van der Waals surface area contributed by atoms with Gasteiger partial charge in [-0.3, -0.25) is 4.99 Å². The molecule has 0 aromatic carbocycles. The van der Waals surface area contributed by atoms with E-state index in [2.05, 4.69) is 15.6 Å². The Hall–Kier alpha value is -1.46. The van der Waals surface area contributed by atoms with E-state index in [0.717, 1.165) is 0 Å². The second-order valence-electron chi connectivity index (χ2n) is 1.83. The Bertz CT molecular complexity index is 155. The molecule has 11 heavy (non-hydrogen) atoms. The quantitative estimate of drug-likeness (QED) is 0.221. The Kier molecular flexibility index (Phi) is 4.63. The zero-order valence-corrected chi connectivity index (χ0v) is 6.42. The Morgan fingerprint density at radius 2 is 1.91 bits per heavy atom. The van der Waals surface area contributed by atoms with Crippen LogP contribution in [0.4, 0.5) is 4.79 Å². The third-order valence-electron chi connectivity index (χ3n) is 0.971. The van der Waals surface area contributed by atoms with Gasteiger partial charge in [0.2, 0.25) is 0 Å². The van der Waals surface area contributed by atoms with Crippen LogP contribution in [0.3, 0.4) is 0 Å². The molecule has 0 aliphatic rings. The van der Waals surface area contributed by atoms with Gasteiger partial charge < -0.3 is 22.1 Å². The molecule has 6 heteroatoms. The summed E-state index contributed by atoms with van der Waals surface area (Å²) < 4.78 is 0. The predicted octanol–water partition coefficient (Wildman–Crippen LogP) is -1.81. The highest BCUT2D eigenvalue weighted by Gasteiger charge is 1.90.